The molecule has 2 aromatic rings. The minimum absolute atomic E-state index is 0. The number of rotatable bonds is 0. The third-order valence-corrected chi connectivity index (χ3v) is 1.53. The summed E-state index contributed by atoms with van der Waals surface area (Å²) in [6.45, 7) is 0. The Hall–Kier alpha value is -0.910. The van der Waals surface area contributed by atoms with Gasteiger partial charge in [0, 0.05) is 0 Å². The molecule has 1 aromatic carbocycles. The van der Waals surface area contributed by atoms with Crippen LogP contribution in [0.15, 0.2) is 24.3 Å². The fourth-order valence-corrected chi connectivity index (χ4v) is 1.01. The fraction of sp³-hybridized carbons (Fsp3) is 0. The first kappa shape index (κ1) is 10.2. The van der Waals surface area contributed by atoms with Crippen molar-refractivity contribution in [1.82, 2.24) is 15.0 Å². The molecule has 6 heteroatoms. The molecule has 0 saturated carbocycles. The van der Waals surface area contributed by atoms with Crippen LogP contribution < -0.4 is 0 Å². The number of fused-ring (bicyclic) bond motifs is 1. The summed E-state index contributed by atoms with van der Waals surface area (Å²) in [6.07, 6.45) is -1.12. The van der Waals surface area contributed by atoms with Crippen LogP contribution in [0.5, 0.6) is 0 Å². The molecule has 0 amide bonds. The van der Waals surface area contributed by atoms with E-state index in [1.165, 1.54) is 0 Å². The van der Waals surface area contributed by atoms with Gasteiger partial charge in [-0.3, -0.25) is 0 Å². The molecule has 5 nitrogen and oxygen atoms in total. The monoisotopic (exact) mass is 187 g/mol. The van der Waals surface area contributed by atoms with Crippen LogP contribution in [0.4, 0.5) is 4.79 Å². The Morgan fingerprint density at radius 1 is 1.38 bits per heavy atom. The topological polar surface area (TPSA) is 68.0 Å². The van der Waals surface area contributed by atoms with Crippen LogP contribution in [0.2, 0.25) is 0 Å². The number of hydrogen-bond acceptors (Lipinski definition) is 3. The van der Waals surface area contributed by atoms with Gasteiger partial charge in [-0.2, -0.15) is 0 Å². The summed E-state index contributed by atoms with van der Waals surface area (Å²) in [7, 11) is 0. The number of carboxylic acid groups (broad SMARTS) is 1. The normalized spacial score (nSPS) is 9.54. The standard InChI is InChI=1S/C7H5N3O2.Na.H/c11-7(12)10-6-4-2-1-3-5(6)8-9-10;;/h1-4H,(H,11,12);;. The Morgan fingerprint density at radius 3 is 2.77 bits per heavy atom. The van der Waals surface area contributed by atoms with E-state index in [1.807, 2.05) is 0 Å². The summed E-state index contributed by atoms with van der Waals surface area (Å²) in [4.78, 5) is 10.5. The van der Waals surface area contributed by atoms with Crippen molar-refractivity contribution in [1.29, 1.82) is 0 Å². The number of hydrogen-bond donors (Lipinski definition) is 1. The van der Waals surface area contributed by atoms with E-state index in [0.717, 1.165) is 4.68 Å². The molecular formula is C7H6N3NaO2. The number of nitrogens with zero attached hydrogens (tertiary/aromatic N) is 3. The molecule has 0 spiro atoms. The van der Waals surface area contributed by atoms with Gasteiger partial charge in [-0.25, -0.2) is 4.79 Å². The summed E-state index contributed by atoms with van der Waals surface area (Å²) in [5.74, 6) is 0. The van der Waals surface area contributed by atoms with E-state index in [4.69, 9.17) is 5.11 Å². The third-order valence-electron chi connectivity index (χ3n) is 1.53. The molecule has 1 N–H and O–H groups in total. The zero-order chi connectivity index (χ0) is 8.55. The number of aromatic nitrogens is 3. The molecule has 0 unspecified atom stereocenters. The fourth-order valence-electron chi connectivity index (χ4n) is 1.01. The third kappa shape index (κ3) is 1.72. The quantitative estimate of drug-likeness (QED) is 0.602. The van der Waals surface area contributed by atoms with Crippen molar-refractivity contribution in [2.24, 2.45) is 0 Å². The minimum atomic E-state index is -1.12. The first-order chi connectivity index (χ1) is 5.79. The molecule has 0 saturated heterocycles. The maximum atomic E-state index is 10.5. The summed E-state index contributed by atoms with van der Waals surface area (Å²) >= 11 is 0. The molecule has 62 valence electrons. The van der Waals surface area contributed by atoms with Gasteiger partial charge in [-0.1, -0.05) is 17.3 Å². The van der Waals surface area contributed by atoms with Gasteiger partial charge in [0.15, 0.2) is 0 Å². The molecule has 0 fully saturated rings. The van der Waals surface area contributed by atoms with Gasteiger partial charge in [-0.05, 0) is 12.1 Å². The number of para-hydroxylation sites is 1. The van der Waals surface area contributed by atoms with Crippen LogP contribution in [0, 0.1) is 0 Å². The molecule has 0 aliphatic rings. The van der Waals surface area contributed by atoms with Crippen LogP contribution in [-0.2, 0) is 0 Å². The van der Waals surface area contributed by atoms with Crippen molar-refractivity contribution in [3.63, 3.8) is 0 Å². The summed E-state index contributed by atoms with van der Waals surface area (Å²) in [5.41, 5.74) is 1.09. The molecule has 13 heavy (non-hydrogen) atoms. The van der Waals surface area contributed by atoms with Crippen LogP contribution in [-0.4, -0.2) is 55.8 Å². The predicted octanol–water partition coefficient (Wildman–Crippen LogP) is 0.309. The average molecular weight is 187 g/mol. The van der Waals surface area contributed by atoms with E-state index >= 15 is 0 Å². The first-order valence-electron chi connectivity index (χ1n) is 3.33. The van der Waals surface area contributed by atoms with Crippen molar-refractivity contribution in [2.45, 2.75) is 0 Å². The second kappa shape index (κ2) is 3.87. The summed E-state index contributed by atoms with van der Waals surface area (Å²) < 4.78 is 0.843. The van der Waals surface area contributed by atoms with Crippen molar-refractivity contribution in [3.05, 3.63) is 24.3 Å². The zero-order valence-electron chi connectivity index (χ0n) is 6.01. The molecule has 1 aromatic heterocycles. The van der Waals surface area contributed by atoms with E-state index in [2.05, 4.69) is 10.3 Å². The molecular weight excluding hydrogens is 181 g/mol. The number of benzene rings is 1. The maximum absolute atomic E-state index is 10.5. The van der Waals surface area contributed by atoms with Gasteiger partial charge in [0.1, 0.15) is 11.0 Å². The molecule has 1 heterocycles. The predicted molar refractivity (Wildman–Crippen MR) is 48.1 cm³/mol. The van der Waals surface area contributed by atoms with Gasteiger partial charge in [0.05, 0.1) is 0 Å². The van der Waals surface area contributed by atoms with Crippen molar-refractivity contribution < 1.29 is 9.90 Å². The second-order valence-corrected chi connectivity index (χ2v) is 2.27. The van der Waals surface area contributed by atoms with Gasteiger partial charge >= 0.3 is 35.7 Å². The van der Waals surface area contributed by atoms with Crippen molar-refractivity contribution in [2.75, 3.05) is 0 Å². The van der Waals surface area contributed by atoms with Gasteiger partial charge in [0.25, 0.3) is 0 Å². The Labute approximate surface area is 95.6 Å². The molecule has 0 aliphatic heterocycles. The van der Waals surface area contributed by atoms with Crippen molar-refractivity contribution in [3.8, 4) is 0 Å². The molecule has 0 aliphatic carbocycles. The van der Waals surface area contributed by atoms with E-state index in [0.29, 0.717) is 11.0 Å². The Morgan fingerprint density at radius 2 is 2.08 bits per heavy atom. The van der Waals surface area contributed by atoms with Crippen LogP contribution in [0.25, 0.3) is 11.0 Å². The summed E-state index contributed by atoms with van der Waals surface area (Å²) in [5, 5.41) is 15.8. The Kier molecular flexibility index (Phi) is 3.02. The molecule has 0 bridgehead atoms. The molecule has 0 atom stereocenters. The van der Waals surface area contributed by atoms with E-state index in [1.54, 1.807) is 24.3 Å². The van der Waals surface area contributed by atoms with Crippen LogP contribution >= 0.6 is 0 Å². The summed E-state index contributed by atoms with van der Waals surface area (Å²) in [6, 6.07) is 6.89. The Bertz CT molecular complexity index is 440. The van der Waals surface area contributed by atoms with E-state index in [9.17, 15) is 4.79 Å². The average Bonchev–Trinajstić information content (AvgIpc) is 2.47. The van der Waals surface area contributed by atoms with Crippen molar-refractivity contribution >= 4 is 46.7 Å². The van der Waals surface area contributed by atoms with Crippen LogP contribution in [0.3, 0.4) is 0 Å². The van der Waals surface area contributed by atoms with E-state index in [-0.39, 0.29) is 29.6 Å². The zero-order valence-corrected chi connectivity index (χ0v) is 6.01. The van der Waals surface area contributed by atoms with Gasteiger partial charge < -0.3 is 5.11 Å². The van der Waals surface area contributed by atoms with Crippen LogP contribution in [0.1, 0.15) is 0 Å². The Balaban J connectivity index is 0.000000845. The molecule has 0 radical (unpaired) electrons. The second-order valence-electron chi connectivity index (χ2n) is 2.27. The van der Waals surface area contributed by atoms with Gasteiger partial charge in [-0.15, -0.1) is 9.78 Å². The van der Waals surface area contributed by atoms with E-state index < -0.39 is 6.09 Å². The first-order valence-corrected chi connectivity index (χ1v) is 3.33. The SMILES string of the molecule is O=C(O)n1nnc2ccccc21.[NaH]. The number of carbonyl (C=O) groups is 1. The molecule has 2 rings (SSSR count). The van der Waals surface area contributed by atoms with Gasteiger partial charge in [0.2, 0.25) is 0 Å².